The van der Waals surface area contributed by atoms with Crippen molar-refractivity contribution in [2.24, 2.45) is 0 Å². The second-order valence-electron chi connectivity index (χ2n) is 3.40. The van der Waals surface area contributed by atoms with E-state index in [1.54, 1.807) is 0 Å². The van der Waals surface area contributed by atoms with E-state index in [-0.39, 0.29) is 0 Å². The third kappa shape index (κ3) is 3.35. The van der Waals surface area contributed by atoms with Crippen molar-refractivity contribution >= 4 is 0 Å². The maximum atomic E-state index is 3.72. The van der Waals surface area contributed by atoms with Gasteiger partial charge in [0.1, 0.15) is 0 Å². The number of hydrogen-bond donors (Lipinski definition) is 1. The van der Waals surface area contributed by atoms with Gasteiger partial charge in [0.25, 0.3) is 0 Å². The molecule has 1 unspecified atom stereocenters. The fourth-order valence-electron chi connectivity index (χ4n) is 1.54. The van der Waals surface area contributed by atoms with Gasteiger partial charge in [-0.25, -0.2) is 0 Å². The van der Waals surface area contributed by atoms with Crippen molar-refractivity contribution < 1.29 is 0 Å². The second kappa shape index (κ2) is 6.39. The molecule has 0 saturated heterocycles. The van der Waals surface area contributed by atoms with Gasteiger partial charge in [0.15, 0.2) is 0 Å². The zero-order valence-electron chi connectivity index (χ0n) is 8.87. The lowest BCUT2D eigenvalue weighted by molar-refractivity contribution is 0.525. The lowest BCUT2D eigenvalue weighted by Gasteiger charge is -2.16. The van der Waals surface area contributed by atoms with E-state index in [9.17, 15) is 0 Å². The van der Waals surface area contributed by atoms with Crippen molar-refractivity contribution in [2.75, 3.05) is 6.54 Å². The van der Waals surface area contributed by atoms with Gasteiger partial charge in [-0.3, -0.25) is 0 Å². The molecule has 0 saturated carbocycles. The van der Waals surface area contributed by atoms with E-state index in [2.05, 4.69) is 49.2 Å². The molecule has 0 aliphatic rings. The summed E-state index contributed by atoms with van der Waals surface area (Å²) in [5.74, 6) is 0. The Bertz CT molecular complexity index is 253. The molecule has 0 aromatic heterocycles. The monoisotopic (exact) mass is 189 g/mol. The zero-order chi connectivity index (χ0) is 10.2. The van der Waals surface area contributed by atoms with Crippen molar-refractivity contribution in [3.63, 3.8) is 0 Å². The van der Waals surface area contributed by atoms with Crippen molar-refractivity contribution in [3.05, 3.63) is 48.6 Å². The number of hydrogen-bond acceptors (Lipinski definition) is 1. The first kappa shape index (κ1) is 11.0. The molecule has 0 radical (unpaired) electrons. The maximum Gasteiger partial charge on any atom is 0.0317 e. The van der Waals surface area contributed by atoms with Gasteiger partial charge in [-0.1, -0.05) is 43.3 Å². The molecule has 0 aliphatic carbocycles. The number of rotatable bonds is 6. The number of nitrogens with one attached hydrogen (secondary N) is 1. The summed E-state index contributed by atoms with van der Waals surface area (Å²) < 4.78 is 0. The smallest absolute Gasteiger partial charge is 0.0317 e. The zero-order valence-corrected chi connectivity index (χ0v) is 8.87. The minimum Gasteiger partial charge on any atom is -0.310 e. The molecule has 0 bridgehead atoms. The third-order valence-corrected chi connectivity index (χ3v) is 2.35. The van der Waals surface area contributed by atoms with Crippen LogP contribution in [0.2, 0.25) is 0 Å². The Morgan fingerprint density at radius 3 is 2.64 bits per heavy atom. The summed E-state index contributed by atoms with van der Waals surface area (Å²) in [6, 6.07) is 11.1. The van der Waals surface area contributed by atoms with Gasteiger partial charge in [0, 0.05) is 6.04 Å². The van der Waals surface area contributed by atoms with Gasteiger partial charge in [-0.2, -0.15) is 0 Å². The van der Waals surface area contributed by atoms with Crippen molar-refractivity contribution in [3.8, 4) is 0 Å². The van der Waals surface area contributed by atoms with Crippen LogP contribution in [0, 0.1) is 0 Å². The molecule has 76 valence electrons. The van der Waals surface area contributed by atoms with Gasteiger partial charge in [-0.15, -0.1) is 6.58 Å². The van der Waals surface area contributed by atoms with Crippen molar-refractivity contribution in [2.45, 2.75) is 25.8 Å². The lowest BCUT2D eigenvalue weighted by Crippen LogP contribution is -2.21. The predicted molar refractivity (Wildman–Crippen MR) is 62.3 cm³/mol. The first-order chi connectivity index (χ1) is 6.88. The van der Waals surface area contributed by atoms with Gasteiger partial charge in [0.2, 0.25) is 0 Å². The fraction of sp³-hybridized carbons (Fsp3) is 0.385. The first-order valence-corrected chi connectivity index (χ1v) is 5.27. The second-order valence-corrected chi connectivity index (χ2v) is 3.40. The predicted octanol–water partition coefficient (Wildman–Crippen LogP) is 3.30. The Kier molecular flexibility index (Phi) is 5.02. The van der Waals surface area contributed by atoms with E-state index < -0.39 is 0 Å². The van der Waals surface area contributed by atoms with Crippen molar-refractivity contribution in [1.29, 1.82) is 0 Å². The summed E-state index contributed by atoms with van der Waals surface area (Å²) in [6.45, 7) is 6.93. The Morgan fingerprint density at radius 2 is 2.07 bits per heavy atom. The molecule has 1 aromatic rings. The molecule has 0 fully saturated rings. The highest BCUT2D eigenvalue weighted by atomic mass is 14.9. The Hall–Kier alpha value is -1.08. The highest BCUT2D eigenvalue weighted by Gasteiger charge is 2.05. The van der Waals surface area contributed by atoms with Gasteiger partial charge >= 0.3 is 0 Å². The van der Waals surface area contributed by atoms with Crippen LogP contribution in [0.1, 0.15) is 31.4 Å². The largest absolute Gasteiger partial charge is 0.310 e. The summed E-state index contributed by atoms with van der Waals surface area (Å²) in [5.41, 5.74) is 1.37. The SMILES string of the molecule is C=CCCNC(CC)c1ccccc1. The van der Waals surface area contributed by atoms with Crippen LogP contribution in [0.5, 0.6) is 0 Å². The molecule has 0 heterocycles. The number of benzene rings is 1. The maximum absolute atomic E-state index is 3.72. The fourth-order valence-corrected chi connectivity index (χ4v) is 1.54. The molecule has 1 aromatic carbocycles. The summed E-state index contributed by atoms with van der Waals surface area (Å²) in [4.78, 5) is 0. The third-order valence-electron chi connectivity index (χ3n) is 2.35. The summed E-state index contributed by atoms with van der Waals surface area (Å²) in [6.07, 6.45) is 4.11. The molecule has 1 rings (SSSR count). The van der Waals surface area contributed by atoms with E-state index in [0.29, 0.717) is 6.04 Å². The Balaban J connectivity index is 2.50. The minimum absolute atomic E-state index is 0.483. The first-order valence-electron chi connectivity index (χ1n) is 5.27. The minimum atomic E-state index is 0.483. The van der Waals surface area contributed by atoms with E-state index >= 15 is 0 Å². The van der Waals surface area contributed by atoms with Crippen LogP contribution in [0.4, 0.5) is 0 Å². The van der Waals surface area contributed by atoms with E-state index in [0.717, 1.165) is 19.4 Å². The normalized spacial score (nSPS) is 12.4. The van der Waals surface area contributed by atoms with Crippen LogP contribution in [0.25, 0.3) is 0 Å². The van der Waals surface area contributed by atoms with Crippen molar-refractivity contribution in [1.82, 2.24) is 5.32 Å². The van der Waals surface area contributed by atoms with Crippen LogP contribution < -0.4 is 5.32 Å². The molecule has 0 amide bonds. The van der Waals surface area contributed by atoms with Crippen LogP contribution in [-0.4, -0.2) is 6.54 Å². The van der Waals surface area contributed by atoms with Crippen LogP contribution in [0.3, 0.4) is 0 Å². The van der Waals surface area contributed by atoms with Crippen LogP contribution in [-0.2, 0) is 0 Å². The summed E-state index contributed by atoms with van der Waals surface area (Å²) >= 11 is 0. The lowest BCUT2D eigenvalue weighted by atomic mass is 10.0. The molecule has 0 spiro atoms. The van der Waals surface area contributed by atoms with Gasteiger partial charge in [0.05, 0.1) is 0 Å². The van der Waals surface area contributed by atoms with E-state index in [1.807, 2.05) is 6.08 Å². The molecule has 1 nitrogen and oxygen atoms in total. The van der Waals surface area contributed by atoms with Crippen LogP contribution in [0.15, 0.2) is 43.0 Å². The standard InChI is InChI=1S/C13H19N/c1-3-5-11-14-13(4-2)12-9-7-6-8-10-12/h3,6-10,13-14H,1,4-5,11H2,2H3. The quantitative estimate of drug-likeness (QED) is 0.535. The Labute approximate surface area is 86.8 Å². The molecule has 0 aliphatic heterocycles. The molecule has 1 N–H and O–H groups in total. The summed E-state index contributed by atoms with van der Waals surface area (Å²) in [7, 11) is 0. The molecule has 1 atom stereocenters. The highest BCUT2D eigenvalue weighted by Crippen LogP contribution is 2.15. The molecular formula is C13H19N. The van der Waals surface area contributed by atoms with Gasteiger partial charge < -0.3 is 5.32 Å². The van der Waals surface area contributed by atoms with E-state index in [1.165, 1.54) is 5.56 Å². The molecular weight excluding hydrogens is 170 g/mol. The van der Waals surface area contributed by atoms with Gasteiger partial charge in [-0.05, 0) is 24.9 Å². The average Bonchev–Trinajstić information content (AvgIpc) is 2.26. The highest BCUT2D eigenvalue weighted by molar-refractivity contribution is 5.18. The topological polar surface area (TPSA) is 12.0 Å². The molecule has 14 heavy (non-hydrogen) atoms. The molecule has 1 heteroatoms. The van der Waals surface area contributed by atoms with Crippen LogP contribution >= 0.6 is 0 Å². The van der Waals surface area contributed by atoms with E-state index in [4.69, 9.17) is 0 Å². The average molecular weight is 189 g/mol. The summed E-state index contributed by atoms with van der Waals surface area (Å²) in [5, 5.41) is 3.52. The Morgan fingerprint density at radius 1 is 1.36 bits per heavy atom.